The van der Waals surface area contributed by atoms with Crippen LogP contribution in [0, 0.1) is 17.0 Å². The summed E-state index contributed by atoms with van der Waals surface area (Å²) < 4.78 is 52.6. The van der Waals surface area contributed by atoms with Crippen molar-refractivity contribution < 1.29 is 27.7 Å². The average Bonchev–Trinajstić information content (AvgIpc) is 3.58. The van der Waals surface area contributed by atoms with E-state index in [1.165, 1.54) is 12.1 Å². The lowest BCUT2D eigenvalue weighted by molar-refractivity contribution is -0.240. The van der Waals surface area contributed by atoms with Crippen LogP contribution in [-0.4, -0.2) is 84.4 Å². The Hall–Kier alpha value is -2.29. The molecular weight excluding hydrogens is 650 g/mol. The Morgan fingerprint density at radius 3 is 2.45 bits per heavy atom. The lowest BCUT2D eigenvalue weighted by Crippen LogP contribution is -2.45. The minimum atomic E-state index is -0.833. The second-order valence-corrected chi connectivity index (χ2v) is 16.0. The molecule has 13 heteroatoms. The van der Waals surface area contributed by atoms with Crippen LogP contribution in [0.3, 0.4) is 0 Å². The van der Waals surface area contributed by atoms with Gasteiger partial charge in [0.1, 0.15) is 5.69 Å². The minimum Gasteiger partial charge on any atom is -0.375 e. The first-order valence-corrected chi connectivity index (χ1v) is 18.7. The van der Waals surface area contributed by atoms with Crippen LogP contribution in [0.15, 0.2) is 23.4 Å². The van der Waals surface area contributed by atoms with E-state index in [0.29, 0.717) is 30.6 Å². The Kier molecular flexibility index (Phi) is 12.3. The molecule has 6 atom stereocenters. The topological polar surface area (TPSA) is 93.2 Å². The first kappa shape index (κ1) is 38.0. The third kappa shape index (κ3) is 9.34. The summed E-state index contributed by atoms with van der Waals surface area (Å²) in [6, 6.07) is 4.22. The number of anilines is 3. The van der Waals surface area contributed by atoms with Crippen LogP contribution in [0.2, 0.25) is 0 Å². The van der Waals surface area contributed by atoms with Gasteiger partial charge in [-0.2, -0.15) is 0 Å². The van der Waals surface area contributed by atoms with Gasteiger partial charge in [0.15, 0.2) is 34.2 Å². The summed E-state index contributed by atoms with van der Waals surface area (Å²) >= 11 is 1.62. The highest BCUT2D eigenvalue weighted by atomic mass is 32.2. The van der Waals surface area contributed by atoms with Gasteiger partial charge in [-0.25, -0.2) is 18.7 Å². The fourth-order valence-corrected chi connectivity index (χ4v) is 7.44. The Morgan fingerprint density at radius 2 is 1.78 bits per heavy atom. The molecule has 2 heterocycles. The van der Waals surface area contributed by atoms with E-state index in [2.05, 4.69) is 50.4 Å². The number of benzene rings is 1. The molecule has 1 aliphatic heterocycles. The van der Waals surface area contributed by atoms with E-state index in [4.69, 9.17) is 28.9 Å². The third-order valence-electron chi connectivity index (χ3n) is 9.55. The Morgan fingerprint density at radius 1 is 1.02 bits per heavy atom. The molecule has 1 aromatic heterocycles. The maximum atomic E-state index is 14.0. The second-order valence-electron chi connectivity index (χ2n) is 15.0. The fraction of sp³-hybridized carbons (Fsp3) is 0.722. The molecule has 274 valence electrons. The van der Waals surface area contributed by atoms with Crippen LogP contribution in [0.1, 0.15) is 98.5 Å². The van der Waals surface area contributed by atoms with Gasteiger partial charge in [-0.3, -0.25) is 10.4 Å². The number of hydrazine groups is 2. The number of hydrogen-bond acceptors (Lipinski definition) is 11. The van der Waals surface area contributed by atoms with E-state index in [1.807, 2.05) is 26.0 Å². The zero-order valence-electron chi connectivity index (χ0n) is 30.6. The minimum absolute atomic E-state index is 0.0207. The lowest BCUT2D eigenvalue weighted by atomic mass is 9.86. The monoisotopic (exact) mass is 706 g/mol. The van der Waals surface area contributed by atoms with Gasteiger partial charge in [0, 0.05) is 31.9 Å². The fourth-order valence-electron chi connectivity index (χ4n) is 6.74. The summed E-state index contributed by atoms with van der Waals surface area (Å²) in [4.78, 5) is 9.96. The number of ether oxygens (including phenoxy) is 4. The molecule has 49 heavy (non-hydrogen) atoms. The molecule has 3 aliphatic rings. The number of fused-ring (bicyclic) bond motifs is 1. The van der Waals surface area contributed by atoms with Gasteiger partial charge in [-0.15, -0.1) is 5.12 Å². The van der Waals surface area contributed by atoms with Crippen LogP contribution < -0.4 is 15.8 Å². The van der Waals surface area contributed by atoms with E-state index in [9.17, 15) is 8.78 Å². The summed E-state index contributed by atoms with van der Waals surface area (Å²) in [6.07, 6.45) is 5.10. The molecule has 2 fully saturated rings. The van der Waals surface area contributed by atoms with Crippen molar-refractivity contribution in [1.82, 2.24) is 15.1 Å². The van der Waals surface area contributed by atoms with Gasteiger partial charge in [-0.05, 0) is 69.1 Å². The average molecular weight is 707 g/mol. The van der Waals surface area contributed by atoms with Crippen molar-refractivity contribution in [2.75, 3.05) is 48.9 Å². The van der Waals surface area contributed by atoms with Crippen molar-refractivity contribution in [2.45, 2.75) is 134 Å². The summed E-state index contributed by atoms with van der Waals surface area (Å²) in [5, 5.41) is 8.43. The standard InChI is InChI=1S/C36H56F2N6O4S/c1-10-12-30(35(3,4)5)47-16-15-46-28-19-23(20-29(28)48-36(6,7)45-9)44-33-31(42-43(44)8)32(40-34(41-33)49-17-11-2)39-27-21-24(27)22-13-14-25(37)26(38)18-22/h13-14,18,23-24,27-30,42H,10-12,15-17,19-21H2,1-9H3,(H,39,40,41). The smallest absolute Gasteiger partial charge is 0.191 e. The van der Waals surface area contributed by atoms with Crippen LogP contribution in [-0.2, 0) is 18.9 Å². The zero-order valence-corrected chi connectivity index (χ0v) is 31.5. The van der Waals surface area contributed by atoms with Crippen molar-refractivity contribution in [3.05, 3.63) is 35.4 Å². The highest BCUT2D eigenvalue weighted by Crippen LogP contribution is 2.47. The van der Waals surface area contributed by atoms with Crippen LogP contribution in [0.5, 0.6) is 0 Å². The third-order valence-corrected chi connectivity index (χ3v) is 10.6. The van der Waals surface area contributed by atoms with Crippen molar-refractivity contribution in [1.29, 1.82) is 0 Å². The van der Waals surface area contributed by atoms with Gasteiger partial charge in [0.25, 0.3) is 0 Å². The van der Waals surface area contributed by atoms with Gasteiger partial charge in [0.2, 0.25) is 0 Å². The Balaban J connectivity index is 1.34. The van der Waals surface area contributed by atoms with Crippen molar-refractivity contribution in [3.8, 4) is 0 Å². The molecular formula is C36H56F2N6O4S. The summed E-state index contributed by atoms with van der Waals surface area (Å²) in [5.41, 5.74) is 5.12. The van der Waals surface area contributed by atoms with E-state index >= 15 is 0 Å². The largest absolute Gasteiger partial charge is 0.375 e. The Labute approximate surface area is 295 Å². The SMILES string of the molecule is CCCSc1nc(NC2CC2c2ccc(F)c(F)c2)c2c(n1)N(C1CC(OCCOC(CCC)C(C)(C)C)C(OC(C)(C)OC)C1)N(C)N2. The molecule has 1 aromatic carbocycles. The van der Waals surface area contributed by atoms with Gasteiger partial charge in [-0.1, -0.05) is 58.9 Å². The maximum absolute atomic E-state index is 14.0. The van der Waals surface area contributed by atoms with Gasteiger partial charge < -0.3 is 24.3 Å². The quantitative estimate of drug-likeness (QED) is 0.0732. The predicted molar refractivity (Wildman–Crippen MR) is 191 cm³/mol. The number of hydrogen-bond donors (Lipinski definition) is 2. The van der Waals surface area contributed by atoms with Crippen LogP contribution in [0.25, 0.3) is 0 Å². The molecule has 2 saturated carbocycles. The number of nitrogens with one attached hydrogen (secondary N) is 2. The zero-order chi connectivity index (χ0) is 35.5. The summed E-state index contributed by atoms with van der Waals surface area (Å²) in [7, 11) is 3.63. The molecule has 0 saturated heterocycles. The number of thioether (sulfide) groups is 1. The molecule has 0 spiro atoms. The highest BCUT2D eigenvalue weighted by Gasteiger charge is 2.46. The van der Waals surface area contributed by atoms with Crippen LogP contribution >= 0.6 is 11.8 Å². The molecule has 2 aliphatic carbocycles. The molecule has 2 N–H and O–H groups in total. The lowest BCUT2D eigenvalue weighted by Gasteiger charge is -2.32. The molecule has 6 unspecified atom stereocenters. The normalized spacial score (nSPS) is 24.6. The number of aromatic nitrogens is 2. The summed E-state index contributed by atoms with van der Waals surface area (Å²) in [5.74, 6) is 0.0130. The first-order valence-electron chi connectivity index (χ1n) is 17.8. The van der Waals surface area contributed by atoms with Crippen molar-refractivity contribution in [2.24, 2.45) is 5.41 Å². The maximum Gasteiger partial charge on any atom is 0.191 e. The van der Waals surface area contributed by atoms with E-state index in [0.717, 1.165) is 54.9 Å². The number of nitrogens with zero attached hydrogens (tertiary/aromatic N) is 4. The van der Waals surface area contributed by atoms with Crippen molar-refractivity contribution >= 4 is 29.1 Å². The van der Waals surface area contributed by atoms with E-state index in [1.54, 1.807) is 24.9 Å². The molecule has 2 aromatic rings. The van der Waals surface area contributed by atoms with Gasteiger partial charge >= 0.3 is 0 Å². The number of methoxy groups -OCH3 is 1. The Bertz CT molecular complexity index is 1410. The molecule has 0 radical (unpaired) electrons. The first-order chi connectivity index (χ1) is 23.2. The van der Waals surface area contributed by atoms with E-state index in [-0.39, 0.29) is 41.7 Å². The number of halogens is 2. The molecule has 0 bridgehead atoms. The van der Waals surface area contributed by atoms with Crippen LogP contribution in [0.4, 0.5) is 26.1 Å². The predicted octanol–water partition coefficient (Wildman–Crippen LogP) is 7.77. The van der Waals surface area contributed by atoms with Crippen molar-refractivity contribution in [3.63, 3.8) is 0 Å². The summed E-state index contributed by atoms with van der Waals surface area (Å²) in [6.45, 7) is 15.8. The number of rotatable bonds is 17. The van der Waals surface area contributed by atoms with E-state index < -0.39 is 17.4 Å². The highest BCUT2D eigenvalue weighted by molar-refractivity contribution is 7.99. The molecule has 10 nitrogen and oxygen atoms in total. The molecule has 5 rings (SSSR count). The molecule has 0 amide bonds. The van der Waals surface area contributed by atoms with Gasteiger partial charge in [0.05, 0.1) is 37.6 Å². The second kappa shape index (κ2) is 15.9.